The summed E-state index contributed by atoms with van der Waals surface area (Å²) in [6.07, 6.45) is 0.796. The number of hydrogen-bond donors (Lipinski definition) is 1. The number of carbonyl (C=O) groups is 1. The summed E-state index contributed by atoms with van der Waals surface area (Å²) in [5, 5.41) is 14.1. The Morgan fingerprint density at radius 3 is 2.28 bits per heavy atom. The quantitative estimate of drug-likeness (QED) is 0.513. The van der Waals surface area contributed by atoms with Crippen molar-refractivity contribution in [3.05, 3.63) is 95.8 Å². The van der Waals surface area contributed by atoms with Crippen LogP contribution in [0.2, 0.25) is 0 Å². The normalized spacial score (nSPS) is 10.8. The van der Waals surface area contributed by atoms with Gasteiger partial charge in [0.2, 0.25) is 0 Å². The predicted octanol–water partition coefficient (Wildman–Crippen LogP) is 4.92. The molecule has 3 aromatic carbocycles. The second kappa shape index (κ2) is 8.10. The molecular weight excluding hydrogens is 362 g/mol. The van der Waals surface area contributed by atoms with Crippen molar-refractivity contribution in [1.29, 1.82) is 0 Å². The molecule has 0 fully saturated rings. The fourth-order valence-electron chi connectivity index (χ4n) is 3.36. The number of rotatable bonds is 6. The highest BCUT2D eigenvalue weighted by Gasteiger charge is 2.12. The van der Waals surface area contributed by atoms with E-state index in [-0.39, 0.29) is 0 Å². The van der Waals surface area contributed by atoms with E-state index in [1.807, 2.05) is 71.4 Å². The first kappa shape index (κ1) is 18.6. The van der Waals surface area contributed by atoms with Crippen LogP contribution in [-0.4, -0.2) is 25.8 Å². The van der Waals surface area contributed by atoms with Gasteiger partial charge in [-0.2, -0.15) is 5.10 Å². The molecule has 0 unspecified atom stereocenters. The third-order valence-electron chi connectivity index (χ3n) is 4.85. The van der Waals surface area contributed by atoms with Gasteiger partial charge in [-0.15, -0.1) is 0 Å². The molecule has 29 heavy (non-hydrogen) atoms. The van der Waals surface area contributed by atoms with Gasteiger partial charge in [0, 0.05) is 12.0 Å². The van der Waals surface area contributed by atoms with Gasteiger partial charge in [-0.05, 0) is 22.8 Å². The van der Waals surface area contributed by atoms with Gasteiger partial charge in [-0.3, -0.25) is 0 Å². The van der Waals surface area contributed by atoms with Gasteiger partial charge in [0.25, 0.3) is 0 Å². The lowest BCUT2D eigenvalue weighted by Crippen LogP contribution is -2.06. The van der Waals surface area contributed by atoms with Crippen LogP contribution < -0.4 is 0 Å². The number of aromatic nitrogens is 3. The first-order valence-corrected chi connectivity index (χ1v) is 9.56. The van der Waals surface area contributed by atoms with Crippen molar-refractivity contribution >= 4 is 5.97 Å². The summed E-state index contributed by atoms with van der Waals surface area (Å²) in [6, 6.07) is 24.9. The Morgan fingerprint density at radius 1 is 0.897 bits per heavy atom. The molecule has 0 atom stereocenters. The minimum Gasteiger partial charge on any atom is -0.478 e. The molecule has 144 valence electrons. The molecule has 0 saturated carbocycles. The Kier molecular flexibility index (Phi) is 5.20. The number of nitrogens with zero attached hydrogens (tertiary/aromatic N) is 3. The van der Waals surface area contributed by atoms with Crippen molar-refractivity contribution in [2.45, 2.75) is 19.9 Å². The van der Waals surface area contributed by atoms with Gasteiger partial charge in [-0.1, -0.05) is 79.7 Å². The summed E-state index contributed by atoms with van der Waals surface area (Å²) < 4.78 is 1.93. The number of carboxylic acid groups (broad SMARTS) is 1. The van der Waals surface area contributed by atoms with Crippen LogP contribution >= 0.6 is 0 Å². The molecule has 0 spiro atoms. The zero-order valence-electron chi connectivity index (χ0n) is 16.1. The number of carboxylic acids is 1. The molecule has 0 aliphatic carbocycles. The zero-order valence-corrected chi connectivity index (χ0v) is 16.1. The number of benzene rings is 3. The molecule has 1 heterocycles. The van der Waals surface area contributed by atoms with Crippen molar-refractivity contribution in [3.8, 4) is 22.5 Å². The van der Waals surface area contributed by atoms with Crippen LogP contribution in [0.15, 0.2) is 78.9 Å². The monoisotopic (exact) mass is 383 g/mol. The molecule has 5 nitrogen and oxygen atoms in total. The van der Waals surface area contributed by atoms with Gasteiger partial charge >= 0.3 is 5.97 Å². The van der Waals surface area contributed by atoms with Crippen molar-refractivity contribution in [3.63, 3.8) is 0 Å². The van der Waals surface area contributed by atoms with Gasteiger partial charge in [0.05, 0.1) is 12.1 Å². The first-order chi connectivity index (χ1) is 14.2. The number of hydrogen-bond acceptors (Lipinski definition) is 3. The fraction of sp³-hybridized carbons (Fsp3) is 0.125. The van der Waals surface area contributed by atoms with Crippen molar-refractivity contribution in [1.82, 2.24) is 14.8 Å². The van der Waals surface area contributed by atoms with E-state index in [4.69, 9.17) is 5.10 Å². The van der Waals surface area contributed by atoms with Crippen molar-refractivity contribution in [2.24, 2.45) is 0 Å². The Labute approximate surface area is 169 Å². The molecule has 4 aromatic rings. The van der Waals surface area contributed by atoms with Crippen molar-refractivity contribution in [2.75, 3.05) is 0 Å². The highest BCUT2D eigenvalue weighted by molar-refractivity contribution is 5.95. The molecule has 1 aromatic heterocycles. The summed E-state index contributed by atoms with van der Waals surface area (Å²) in [5.41, 5.74) is 3.98. The van der Waals surface area contributed by atoms with Crippen LogP contribution in [0.5, 0.6) is 0 Å². The van der Waals surface area contributed by atoms with E-state index < -0.39 is 5.97 Å². The molecule has 0 aliphatic rings. The van der Waals surface area contributed by atoms with Crippen LogP contribution in [0.4, 0.5) is 0 Å². The predicted molar refractivity (Wildman–Crippen MR) is 113 cm³/mol. The minimum absolute atomic E-state index is 0.303. The molecule has 0 aliphatic heterocycles. The van der Waals surface area contributed by atoms with E-state index >= 15 is 0 Å². The summed E-state index contributed by atoms with van der Waals surface area (Å²) in [6.45, 7) is 2.69. The maximum atomic E-state index is 11.5. The van der Waals surface area contributed by atoms with Crippen LogP contribution in [0, 0.1) is 0 Å². The molecule has 4 rings (SSSR count). The van der Waals surface area contributed by atoms with Crippen LogP contribution in [-0.2, 0) is 13.0 Å². The fourth-order valence-corrected chi connectivity index (χ4v) is 3.36. The molecule has 1 N–H and O–H groups in total. The molecule has 0 radical (unpaired) electrons. The zero-order chi connectivity index (χ0) is 20.2. The average molecular weight is 383 g/mol. The number of aromatic carboxylic acids is 1. The van der Waals surface area contributed by atoms with Gasteiger partial charge in [-0.25, -0.2) is 14.5 Å². The summed E-state index contributed by atoms with van der Waals surface area (Å²) in [7, 11) is 0. The Hall–Kier alpha value is -3.73. The van der Waals surface area contributed by atoms with Gasteiger partial charge in [0.1, 0.15) is 5.82 Å². The van der Waals surface area contributed by atoms with Gasteiger partial charge in [0.15, 0.2) is 5.82 Å². The Balaban J connectivity index is 1.60. The second-order valence-electron chi connectivity index (χ2n) is 6.78. The van der Waals surface area contributed by atoms with E-state index in [0.29, 0.717) is 17.7 Å². The Morgan fingerprint density at radius 2 is 1.59 bits per heavy atom. The molecule has 5 heteroatoms. The summed E-state index contributed by atoms with van der Waals surface area (Å²) in [4.78, 5) is 16.2. The lowest BCUT2D eigenvalue weighted by Gasteiger charge is -2.08. The van der Waals surface area contributed by atoms with E-state index in [0.717, 1.165) is 34.8 Å². The van der Waals surface area contributed by atoms with E-state index in [2.05, 4.69) is 11.9 Å². The molecule has 0 amide bonds. The smallest absolute Gasteiger partial charge is 0.336 e. The van der Waals surface area contributed by atoms with Crippen LogP contribution in [0.1, 0.15) is 28.7 Å². The maximum absolute atomic E-state index is 11.5. The Bertz CT molecular complexity index is 1130. The van der Waals surface area contributed by atoms with Crippen LogP contribution in [0.3, 0.4) is 0 Å². The largest absolute Gasteiger partial charge is 0.478 e. The maximum Gasteiger partial charge on any atom is 0.336 e. The highest BCUT2D eigenvalue weighted by Crippen LogP contribution is 2.24. The standard InChI is InChI=1S/C24H21N3O2/c1-2-22-25-23(19-8-4-3-5-9-19)26-27(22)16-17-12-14-18(15-13-17)20-10-6-7-11-21(20)24(28)29/h3-15H,2,16H2,1H3,(H,28,29). The molecule has 0 saturated heterocycles. The van der Waals surface area contributed by atoms with E-state index in [1.165, 1.54) is 0 Å². The lowest BCUT2D eigenvalue weighted by atomic mass is 9.99. The highest BCUT2D eigenvalue weighted by atomic mass is 16.4. The average Bonchev–Trinajstić information content (AvgIpc) is 3.18. The summed E-state index contributed by atoms with van der Waals surface area (Å²) >= 11 is 0. The third kappa shape index (κ3) is 3.94. The van der Waals surface area contributed by atoms with E-state index in [1.54, 1.807) is 12.1 Å². The molecular formula is C24H21N3O2. The molecule has 0 bridgehead atoms. The second-order valence-corrected chi connectivity index (χ2v) is 6.78. The first-order valence-electron chi connectivity index (χ1n) is 9.56. The van der Waals surface area contributed by atoms with Crippen molar-refractivity contribution < 1.29 is 9.90 Å². The lowest BCUT2D eigenvalue weighted by molar-refractivity contribution is 0.0697. The van der Waals surface area contributed by atoms with E-state index in [9.17, 15) is 9.90 Å². The topological polar surface area (TPSA) is 68.0 Å². The SMILES string of the molecule is CCc1nc(-c2ccccc2)nn1Cc1ccc(-c2ccccc2C(=O)O)cc1. The minimum atomic E-state index is -0.923. The third-order valence-corrected chi connectivity index (χ3v) is 4.85. The van der Waals surface area contributed by atoms with Gasteiger partial charge < -0.3 is 5.11 Å². The summed E-state index contributed by atoms with van der Waals surface area (Å²) in [5.74, 6) is 0.743. The van der Waals surface area contributed by atoms with Crippen LogP contribution in [0.25, 0.3) is 22.5 Å². The number of aryl methyl sites for hydroxylation is 1.